The van der Waals surface area contributed by atoms with Gasteiger partial charge in [-0.05, 0) is 20.1 Å². The molecule has 1 atom stereocenters. The minimum atomic E-state index is 0.349. The lowest BCUT2D eigenvalue weighted by molar-refractivity contribution is 0.312. The topological polar surface area (TPSA) is 63.2 Å². The van der Waals surface area contributed by atoms with Crippen LogP contribution >= 0.6 is 11.8 Å². The van der Waals surface area contributed by atoms with Crippen molar-refractivity contribution in [1.29, 1.82) is 0 Å². The van der Waals surface area contributed by atoms with Crippen LogP contribution in [0.2, 0.25) is 0 Å². The molecule has 0 aliphatic rings. The van der Waals surface area contributed by atoms with Crippen LogP contribution in [-0.4, -0.2) is 53.7 Å². The number of ether oxygens (including phenoxy) is 1. The fourth-order valence-electron chi connectivity index (χ4n) is 1.36. The minimum absolute atomic E-state index is 0.349. The van der Waals surface area contributed by atoms with Gasteiger partial charge in [0.15, 0.2) is 0 Å². The smallest absolute Gasteiger partial charge is 0.323 e. The van der Waals surface area contributed by atoms with Gasteiger partial charge in [-0.25, -0.2) is 0 Å². The molecule has 7 heteroatoms. The number of anilines is 2. The van der Waals surface area contributed by atoms with Gasteiger partial charge in [-0.2, -0.15) is 26.7 Å². The zero-order chi connectivity index (χ0) is 13.5. The first-order valence-corrected chi connectivity index (χ1v) is 7.30. The third kappa shape index (κ3) is 3.90. The number of hydrogen-bond donors (Lipinski definition) is 1. The number of nitrogens with one attached hydrogen (secondary N) is 1. The van der Waals surface area contributed by atoms with E-state index in [2.05, 4.69) is 33.4 Å². The first kappa shape index (κ1) is 14.8. The Kier molecular flexibility index (Phi) is 5.97. The molecule has 0 aromatic carbocycles. The molecule has 1 aromatic heterocycles. The van der Waals surface area contributed by atoms with Gasteiger partial charge in [0.25, 0.3) is 0 Å². The maximum Gasteiger partial charge on any atom is 0.323 e. The molecule has 0 radical (unpaired) electrons. The van der Waals surface area contributed by atoms with Crippen LogP contribution in [0.5, 0.6) is 6.01 Å². The third-order valence-electron chi connectivity index (χ3n) is 2.48. The summed E-state index contributed by atoms with van der Waals surface area (Å²) >= 11 is 1.80. The van der Waals surface area contributed by atoms with E-state index in [-0.39, 0.29) is 0 Å². The zero-order valence-electron chi connectivity index (χ0n) is 11.6. The number of nitrogens with zero attached hydrogens (tertiary/aromatic N) is 4. The van der Waals surface area contributed by atoms with E-state index < -0.39 is 0 Å². The minimum Gasteiger partial charge on any atom is -0.464 e. The first-order chi connectivity index (χ1) is 8.62. The summed E-state index contributed by atoms with van der Waals surface area (Å²) in [6, 6.07) is 0.705. The molecule has 0 spiro atoms. The summed E-state index contributed by atoms with van der Waals surface area (Å²) < 4.78 is 5.34. The largest absolute Gasteiger partial charge is 0.464 e. The van der Waals surface area contributed by atoms with Gasteiger partial charge in [0, 0.05) is 25.9 Å². The summed E-state index contributed by atoms with van der Waals surface area (Å²) in [5.74, 6) is 2.16. The van der Waals surface area contributed by atoms with E-state index in [9.17, 15) is 0 Å². The van der Waals surface area contributed by atoms with E-state index in [4.69, 9.17) is 4.74 Å². The maximum atomic E-state index is 5.34. The summed E-state index contributed by atoms with van der Waals surface area (Å²) in [5.41, 5.74) is 0. The molecule has 0 saturated heterocycles. The average molecular weight is 271 g/mol. The van der Waals surface area contributed by atoms with Crippen molar-refractivity contribution in [1.82, 2.24) is 15.0 Å². The number of thioether (sulfide) groups is 1. The van der Waals surface area contributed by atoms with Gasteiger partial charge >= 0.3 is 6.01 Å². The summed E-state index contributed by atoms with van der Waals surface area (Å²) in [7, 11) is 3.76. The van der Waals surface area contributed by atoms with Gasteiger partial charge in [-0.3, -0.25) is 0 Å². The SMILES string of the molecule is CCOc1nc(NC)nc(N(C)C(C)CSC)n1. The highest BCUT2D eigenvalue weighted by Crippen LogP contribution is 2.16. The molecule has 1 aromatic rings. The van der Waals surface area contributed by atoms with Gasteiger partial charge in [-0.15, -0.1) is 0 Å². The predicted molar refractivity (Wildman–Crippen MR) is 76.8 cm³/mol. The standard InChI is InChI=1S/C11H21N5OS/c1-6-17-11-14-9(12-3)13-10(15-11)16(4)8(2)7-18-5/h8H,6-7H2,1-5H3,(H,12,13,14,15). The van der Waals surface area contributed by atoms with Crippen molar-refractivity contribution in [2.24, 2.45) is 0 Å². The van der Waals surface area contributed by atoms with Crippen molar-refractivity contribution in [2.45, 2.75) is 19.9 Å². The van der Waals surface area contributed by atoms with E-state index >= 15 is 0 Å². The van der Waals surface area contributed by atoms with Crippen LogP contribution in [0.3, 0.4) is 0 Å². The van der Waals surface area contributed by atoms with Crippen LogP contribution in [0.25, 0.3) is 0 Å². The molecule has 6 nitrogen and oxygen atoms in total. The number of hydrogen-bond acceptors (Lipinski definition) is 7. The number of aromatic nitrogens is 3. The Labute approximate surface area is 113 Å². The molecule has 0 amide bonds. The second-order valence-electron chi connectivity index (χ2n) is 3.84. The lowest BCUT2D eigenvalue weighted by Gasteiger charge is -2.24. The van der Waals surface area contributed by atoms with Crippen molar-refractivity contribution < 1.29 is 4.74 Å². The van der Waals surface area contributed by atoms with Crippen molar-refractivity contribution in [3.8, 4) is 6.01 Å². The summed E-state index contributed by atoms with van der Waals surface area (Å²) in [6.07, 6.45) is 2.09. The van der Waals surface area contributed by atoms with E-state index in [1.54, 1.807) is 18.8 Å². The Hall–Kier alpha value is -1.24. The first-order valence-electron chi connectivity index (χ1n) is 5.90. The third-order valence-corrected chi connectivity index (χ3v) is 3.30. The molecular formula is C11H21N5OS. The van der Waals surface area contributed by atoms with Crippen molar-refractivity contribution in [3.05, 3.63) is 0 Å². The molecule has 1 heterocycles. The second kappa shape index (κ2) is 7.25. The van der Waals surface area contributed by atoms with E-state index in [0.29, 0.717) is 30.6 Å². The quantitative estimate of drug-likeness (QED) is 0.806. The Bertz CT molecular complexity index is 376. The highest BCUT2D eigenvalue weighted by molar-refractivity contribution is 7.98. The molecule has 0 bridgehead atoms. The monoisotopic (exact) mass is 271 g/mol. The molecule has 0 saturated carbocycles. The van der Waals surface area contributed by atoms with Crippen LogP contribution in [-0.2, 0) is 0 Å². The summed E-state index contributed by atoms with van der Waals surface area (Å²) in [6.45, 7) is 4.58. The second-order valence-corrected chi connectivity index (χ2v) is 4.75. The highest BCUT2D eigenvalue weighted by Gasteiger charge is 2.15. The van der Waals surface area contributed by atoms with Gasteiger partial charge in [0.05, 0.1) is 6.61 Å². The fraction of sp³-hybridized carbons (Fsp3) is 0.727. The molecule has 1 rings (SSSR count). The van der Waals surface area contributed by atoms with E-state index in [0.717, 1.165) is 5.75 Å². The molecule has 102 valence electrons. The van der Waals surface area contributed by atoms with Crippen molar-refractivity contribution >= 4 is 23.7 Å². The van der Waals surface area contributed by atoms with Gasteiger partial charge in [0.1, 0.15) is 0 Å². The molecule has 1 unspecified atom stereocenters. The Balaban J connectivity index is 2.95. The molecule has 0 aliphatic carbocycles. The zero-order valence-corrected chi connectivity index (χ0v) is 12.4. The number of rotatable bonds is 7. The summed E-state index contributed by atoms with van der Waals surface area (Å²) in [5, 5.41) is 2.92. The van der Waals surface area contributed by atoms with Gasteiger partial charge < -0.3 is 15.0 Å². The van der Waals surface area contributed by atoms with Crippen LogP contribution in [0.1, 0.15) is 13.8 Å². The molecule has 18 heavy (non-hydrogen) atoms. The maximum absolute atomic E-state index is 5.34. The molecule has 0 fully saturated rings. The van der Waals surface area contributed by atoms with E-state index in [1.165, 1.54) is 0 Å². The van der Waals surface area contributed by atoms with Crippen LogP contribution < -0.4 is 15.0 Å². The van der Waals surface area contributed by atoms with Crippen molar-refractivity contribution in [3.63, 3.8) is 0 Å². The molecule has 0 aliphatic heterocycles. The van der Waals surface area contributed by atoms with Crippen LogP contribution in [0.15, 0.2) is 0 Å². The van der Waals surface area contributed by atoms with Crippen LogP contribution in [0, 0.1) is 0 Å². The Morgan fingerprint density at radius 3 is 2.67 bits per heavy atom. The predicted octanol–water partition coefficient (Wildman–Crippen LogP) is 1.50. The molecular weight excluding hydrogens is 250 g/mol. The fourth-order valence-corrected chi connectivity index (χ4v) is 2.07. The van der Waals surface area contributed by atoms with Crippen molar-refractivity contribution in [2.75, 3.05) is 42.9 Å². The summed E-state index contributed by atoms with van der Waals surface area (Å²) in [4.78, 5) is 14.8. The average Bonchev–Trinajstić information content (AvgIpc) is 2.38. The van der Waals surface area contributed by atoms with Gasteiger partial charge in [-0.1, -0.05) is 0 Å². The Morgan fingerprint density at radius 1 is 1.39 bits per heavy atom. The Morgan fingerprint density at radius 2 is 2.11 bits per heavy atom. The lowest BCUT2D eigenvalue weighted by Crippen LogP contribution is -2.32. The van der Waals surface area contributed by atoms with Crippen LogP contribution in [0.4, 0.5) is 11.9 Å². The normalized spacial score (nSPS) is 12.1. The lowest BCUT2D eigenvalue weighted by atomic mass is 10.3. The van der Waals surface area contributed by atoms with E-state index in [1.807, 2.05) is 18.9 Å². The van der Waals surface area contributed by atoms with Gasteiger partial charge in [0.2, 0.25) is 11.9 Å². The molecule has 1 N–H and O–H groups in total. The highest BCUT2D eigenvalue weighted by atomic mass is 32.2.